The summed E-state index contributed by atoms with van der Waals surface area (Å²) in [7, 11) is 0. The molecule has 1 saturated carbocycles. The lowest BCUT2D eigenvalue weighted by atomic mass is 9.69. The fourth-order valence-electron chi connectivity index (χ4n) is 3.80. The third kappa shape index (κ3) is 7.70. The molecule has 148 valence electrons. The van der Waals surface area contributed by atoms with E-state index in [0.29, 0.717) is 24.0 Å². The molecule has 0 bridgehead atoms. The average Bonchev–Trinajstić information content (AvgIpc) is 2.61. The van der Waals surface area contributed by atoms with Gasteiger partial charge in [-0.15, -0.1) is 0 Å². The van der Waals surface area contributed by atoms with Crippen LogP contribution in [0.25, 0.3) is 0 Å². The Bertz CT molecular complexity index is 453. The molecule has 6 nitrogen and oxygen atoms in total. The first-order chi connectivity index (χ1) is 12.4. The molecule has 1 aliphatic carbocycles. The highest BCUT2D eigenvalue weighted by molar-refractivity contribution is 5.89. The van der Waals surface area contributed by atoms with Gasteiger partial charge in [-0.05, 0) is 31.1 Å². The number of aliphatic hydroxyl groups excluding tert-OH is 2. The van der Waals surface area contributed by atoms with E-state index in [-0.39, 0.29) is 5.41 Å². The maximum Gasteiger partial charge on any atom is 0.335 e. The van der Waals surface area contributed by atoms with E-state index in [1.165, 1.54) is 19.3 Å². The van der Waals surface area contributed by atoms with Gasteiger partial charge in [-0.25, -0.2) is 9.59 Å². The molecule has 1 fully saturated rings. The second-order valence-corrected chi connectivity index (χ2v) is 7.16. The fourth-order valence-corrected chi connectivity index (χ4v) is 3.80. The van der Waals surface area contributed by atoms with Crippen molar-refractivity contribution < 1.29 is 29.3 Å². The highest BCUT2D eigenvalue weighted by atomic mass is 16.6. The highest BCUT2D eigenvalue weighted by Crippen LogP contribution is 2.43. The molecular weight excluding hydrogens is 336 g/mol. The zero-order chi connectivity index (χ0) is 19.4. The largest absolute Gasteiger partial charge is 0.435 e. The van der Waals surface area contributed by atoms with Gasteiger partial charge in [0.05, 0.1) is 0 Å². The van der Waals surface area contributed by atoms with E-state index in [1.54, 1.807) is 0 Å². The monoisotopic (exact) mass is 368 g/mol. The quantitative estimate of drug-likeness (QED) is 0.388. The normalized spacial score (nSPS) is 17.8. The molecule has 0 unspecified atom stereocenters. The number of esters is 2. The Hall–Kier alpha value is -1.66. The van der Waals surface area contributed by atoms with Crippen molar-refractivity contribution in [1.29, 1.82) is 0 Å². The third-order valence-corrected chi connectivity index (χ3v) is 5.06. The average molecular weight is 368 g/mol. The molecule has 0 atom stereocenters. The molecule has 0 radical (unpaired) electrons. The van der Waals surface area contributed by atoms with Crippen LogP contribution >= 0.6 is 0 Å². The highest BCUT2D eigenvalue weighted by Gasteiger charge is 2.34. The predicted molar refractivity (Wildman–Crippen MR) is 97.9 cm³/mol. The van der Waals surface area contributed by atoms with Gasteiger partial charge in [-0.3, -0.25) is 0 Å². The van der Waals surface area contributed by atoms with Gasteiger partial charge in [0.15, 0.2) is 13.6 Å². The van der Waals surface area contributed by atoms with Crippen molar-refractivity contribution >= 4 is 11.9 Å². The van der Waals surface area contributed by atoms with Crippen LogP contribution in [-0.4, -0.2) is 35.7 Å². The Labute approximate surface area is 155 Å². The van der Waals surface area contributed by atoms with Crippen LogP contribution in [0.4, 0.5) is 0 Å². The molecule has 26 heavy (non-hydrogen) atoms. The second-order valence-electron chi connectivity index (χ2n) is 7.16. The van der Waals surface area contributed by atoms with Gasteiger partial charge in [0, 0.05) is 11.1 Å². The Morgan fingerprint density at radius 1 is 0.731 bits per heavy atom. The Kier molecular flexibility index (Phi) is 10.2. The Morgan fingerprint density at radius 2 is 1.08 bits per heavy atom. The van der Waals surface area contributed by atoms with Gasteiger partial charge in [0.1, 0.15) is 0 Å². The summed E-state index contributed by atoms with van der Waals surface area (Å²) < 4.78 is 9.30. The van der Waals surface area contributed by atoms with E-state index in [4.69, 9.17) is 10.2 Å². The molecule has 0 spiro atoms. The maximum absolute atomic E-state index is 11.9. The summed E-state index contributed by atoms with van der Waals surface area (Å²) >= 11 is 0. The number of aliphatic hydroxyl groups is 2. The van der Waals surface area contributed by atoms with E-state index in [2.05, 4.69) is 22.6 Å². The van der Waals surface area contributed by atoms with Gasteiger partial charge in [-0.2, -0.15) is 0 Å². The molecule has 0 aliphatic heterocycles. The predicted octanol–water partition coefficient (Wildman–Crippen LogP) is 3.38. The summed E-state index contributed by atoms with van der Waals surface area (Å²) in [5, 5.41) is 17.6. The number of rotatable bonds is 8. The van der Waals surface area contributed by atoms with Crippen LogP contribution in [0.2, 0.25) is 0 Å². The lowest BCUT2D eigenvalue weighted by Gasteiger charge is -2.35. The number of carbonyl (C=O) groups is 2. The van der Waals surface area contributed by atoms with Crippen LogP contribution in [0.5, 0.6) is 0 Å². The minimum atomic E-state index is -0.680. The molecule has 2 N–H and O–H groups in total. The summed E-state index contributed by atoms with van der Waals surface area (Å²) in [5.74, 6) is -1.24. The Balaban J connectivity index is 2.95. The molecule has 0 aromatic carbocycles. The molecule has 0 aromatic heterocycles. The number of ether oxygens (including phenoxy) is 2. The number of carbonyl (C=O) groups excluding carboxylic acids is 2. The van der Waals surface area contributed by atoms with E-state index in [9.17, 15) is 9.59 Å². The van der Waals surface area contributed by atoms with Crippen LogP contribution in [0.3, 0.4) is 0 Å². The van der Waals surface area contributed by atoms with Crippen LogP contribution in [0.1, 0.15) is 70.6 Å². The molecule has 0 heterocycles. The maximum atomic E-state index is 11.9. The van der Waals surface area contributed by atoms with Gasteiger partial charge >= 0.3 is 11.9 Å². The summed E-state index contributed by atoms with van der Waals surface area (Å²) in [6, 6.07) is 0. The molecule has 0 saturated heterocycles. The molecule has 1 rings (SSSR count). The lowest BCUT2D eigenvalue weighted by Crippen LogP contribution is -2.27. The van der Waals surface area contributed by atoms with Crippen LogP contribution in [-0.2, 0) is 19.1 Å². The number of hydrogen-bond acceptors (Lipinski definition) is 6. The summed E-state index contributed by atoms with van der Waals surface area (Å²) in [5.41, 5.74) is 0.257. The first-order valence-electron chi connectivity index (χ1n) is 9.35. The Morgan fingerprint density at radius 3 is 1.42 bits per heavy atom. The SMILES string of the molecule is C=C(CC1(CC(=C)C(=O)OCO)CCCCCCCCC1)C(=O)OCO. The zero-order valence-corrected chi connectivity index (χ0v) is 15.6. The minimum absolute atomic E-state index is 0.291. The molecule has 6 heteroatoms. The van der Waals surface area contributed by atoms with E-state index in [0.717, 1.165) is 38.5 Å². The van der Waals surface area contributed by atoms with Gasteiger partial charge in [-0.1, -0.05) is 58.1 Å². The van der Waals surface area contributed by atoms with Gasteiger partial charge in [0.2, 0.25) is 0 Å². The molecule has 0 aromatic rings. The first-order valence-corrected chi connectivity index (χ1v) is 9.35. The van der Waals surface area contributed by atoms with Crippen molar-refractivity contribution in [3.05, 3.63) is 24.3 Å². The van der Waals surface area contributed by atoms with Crippen molar-refractivity contribution in [1.82, 2.24) is 0 Å². The van der Waals surface area contributed by atoms with Gasteiger partial charge < -0.3 is 19.7 Å². The zero-order valence-electron chi connectivity index (χ0n) is 15.6. The third-order valence-electron chi connectivity index (χ3n) is 5.06. The van der Waals surface area contributed by atoms with Crippen molar-refractivity contribution in [2.45, 2.75) is 70.6 Å². The van der Waals surface area contributed by atoms with Crippen molar-refractivity contribution in [3.63, 3.8) is 0 Å². The van der Waals surface area contributed by atoms with E-state index < -0.39 is 25.5 Å². The van der Waals surface area contributed by atoms with Crippen molar-refractivity contribution in [2.75, 3.05) is 13.6 Å². The minimum Gasteiger partial charge on any atom is -0.435 e. The topological polar surface area (TPSA) is 93.1 Å². The molecular formula is C20H32O6. The van der Waals surface area contributed by atoms with Crippen LogP contribution in [0.15, 0.2) is 24.3 Å². The number of hydrogen-bond donors (Lipinski definition) is 2. The summed E-state index contributed by atoms with van der Waals surface area (Å²) in [4.78, 5) is 23.9. The second kappa shape index (κ2) is 11.9. The van der Waals surface area contributed by atoms with Crippen molar-refractivity contribution in [3.8, 4) is 0 Å². The fraction of sp³-hybridized carbons (Fsp3) is 0.700. The summed E-state index contributed by atoms with van der Waals surface area (Å²) in [6.07, 6.45) is 10.3. The summed E-state index contributed by atoms with van der Waals surface area (Å²) in [6.45, 7) is 6.29. The smallest absolute Gasteiger partial charge is 0.335 e. The first kappa shape index (κ1) is 22.4. The lowest BCUT2D eigenvalue weighted by molar-refractivity contribution is -0.147. The molecule has 1 aliphatic rings. The van der Waals surface area contributed by atoms with Crippen LogP contribution in [0, 0.1) is 5.41 Å². The van der Waals surface area contributed by atoms with Gasteiger partial charge in [0.25, 0.3) is 0 Å². The van der Waals surface area contributed by atoms with E-state index in [1.807, 2.05) is 0 Å². The van der Waals surface area contributed by atoms with Crippen molar-refractivity contribution in [2.24, 2.45) is 5.41 Å². The standard InChI is InChI=1S/C20H32O6/c1-16(18(23)25-14-21)12-20(13-17(2)19(24)26-15-22)10-8-6-4-3-5-7-9-11-20/h21-22H,1-15H2. The van der Waals surface area contributed by atoms with Crippen LogP contribution < -0.4 is 0 Å². The van der Waals surface area contributed by atoms with E-state index >= 15 is 0 Å². The molecule has 0 amide bonds.